The Hall–Kier alpha value is -1.60. The fourth-order valence-corrected chi connectivity index (χ4v) is 2.08. The summed E-state index contributed by atoms with van der Waals surface area (Å²) in [6, 6.07) is 6.43. The lowest BCUT2D eigenvalue weighted by atomic mass is 10.0. The predicted octanol–water partition coefficient (Wildman–Crippen LogP) is 1.36. The van der Waals surface area contributed by atoms with Gasteiger partial charge in [-0.2, -0.15) is 0 Å². The van der Waals surface area contributed by atoms with Gasteiger partial charge in [0.2, 0.25) is 0 Å². The van der Waals surface area contributed by atoms with Gasteiger partial charge in [0.05, 0.1) is 12.0 Å². The molecule has 0 saturated heterocycles. The molecule has 0 aliphatic carbocycles. The Kier molecular flexibility index (Phi) is 4.69. The fraction of sp³-hybridized carbons (Fsp3) is 0.364. The molecule has 0 unspecified atom stereocenters. The molecule has 0 atom stereocenters. The number of ether oxygens (including phenoxy) is 1. The van der Waals surface area contributed by atoms with Crippen molar-refractivity contribution in [2.45, 2.75) is 24.7 Å². The molecule has 1 amide bonds. The van der Waals surface area contributed by atoms with E-state index in [0.29, 0.717) is 5.92 Å². The fourth-order valence-electron chi connectivity index (χ4n) is 1.25. The zero-order valence-electron chi connectivity index (χ0n) is 10.4. The highest BCUT2D eigenvalue weighted by molar-refractivity contribution is 7.89. The molecule has 2 N–H and O–H groups in total. The van der Waals surface area contributed by atoms with Gasteiger partial charge in [0.15, 0.2) is 0 Å². The Bertz CT molecular complexity index is 508. The van der Waals surface area contributed by atoms with E-state index in [0.717, 1.165) is 12.7 Å². The normalized spacial score (nSPS) is 11.3. The molecular formula is C11H16N2O4S. The summed E-state index contributed by atoms with van der Waals surface area (Å²) < 4.78 is 27.8. The van der Waals surface area contributed by atoms with Crippen molar-refractivity contribution in [2.75, 3.05) is 7.11 Å². The van der Waals surface area contributed by atoms with Crippen molar-refractivity contribution in [3.8, 4) is 0 Å². The van der Waals surface area contributed by atoms with Crippen LogP contribution in [0.1, 0.15) is 25.3 Å². The van der Waals surface area contributed by atoms with E-state index in [1.165, 1.54) is 12.1 Å². The quantitative estimate of drug-likeness (QED) is 0.810. The molecule has 0 bridgehead atoms. The molecule has 0 radical (unpaired) electrons. The number of rotatable bonds is 4. The van der Waals surface area contributed by atoms with E-state index in [9.17, 15) is 13.2 Å². The van der Waals surface area contributed by atoms with Crippen LogP contribution in [0.2, 0.25) is 0 Å². The van der Waals surface area contributed by atoms with E-state index in [1.807, 2.05) is 24.1 Å². The van der Waals surface area contributed by atoms with E-state index >= 15 is 0 Å². The smallest absolute Gasteiger partial charge is 0.422 e. The third kappa shape index (κ3) is 3.71. The number of methoxy groups -OCH3 is 1. The van der Waals surface area contributed by atoms with E-state index < -0.39 is 16.1 Å². The van der Waals surface area contributed by atoms with Gasteiger partial charge in [-0.25, -0.2) is 18.6 Å². The van der Waals surface area contributed by atoms with Crippen LogP contribution in [0.15, 0.2) is 29.2 Å². The third-order valence-electron chi connectivity index (χ3n) is 2.33. The van der Waals surface area contributed by atoms with Gasteiger partial charge in [-0.1, -0.05) is 26.0 Å². The molecule has 6 nitrogen and oxygen atoms in total. The Morgan fingerprint density at radius 3 is 2.22 bits per heavy atom. The molecule has 7 heteroatoms. The first-order valence-electron chi connectivity index (χ1n) is 5.32. The lowest BCUT2D eigenvalue weighted by Crippen LogP contribution is -2.41. The van der Waals surface area contributed by atoms with Gasteiger partial charge in [0, 0.05) is 0 Å². The van der Waals surface area contributed by atoms with Gasteiger partial charge < -0.3 is 4.74 Å². The van der Waals surface area contributed by atoms with E-state index in [4.69, 9.17) is 0 Å². The molecule has 100 valence electrons. The monoisotopic (exact) mass is 272 g/mol. The van der Waals surface area contributed by atoms with E-state index in [2.05, 4.69) is 4.74 Å². The second-order valence-electron chi connectivity index (χ2n) is 3.95. The van der Waals surface area contributed by atoms with Crippen LogP contribution in [0.25, 0.3) is 0 Å². The highest BCUT2D eigenvalue weighted by Crippen LogP contribution is 2.16. The zero-order valence-corrected chi connectivity index (χ0v) is 11.2. The summed E-state index contributed by atoms with van der Waals surface area (Å²) in [7, 11) is -2.63. The topological polar surface area (TPSA) is 84.5 Å². The number of amides is 1. The molecule has 0 aromatic heterocycles. The largest absolute Gasteiger partial charge is 0.452 e. The van der Waals surface area contributed by atoms with Gasteiger partial charge in [0.1, 0.15) is 0 Å². The number of benzene rings is 1. The summed E-state index contributed by atoms with van der Waals surface area (Å²) in [5, 5.41) is 0. The van der Waals surface area contributed by atoms with Crippen molar-refractivity contribution in [1.29, 1.82) is 0 Å². The zero-order chi connectivity index (χ0) is 13.8. The summed E-state index contributed by atoms with van der Waals surface area (Å²) >= 11 is 0. The summed E-state index contributed by atoms with van der Waals surface area (Å²) in [6.45, 7) is 4.03. The SMILES string of the molecule is COC(=O)NNS(=O)(=O)c1ccc(C(C)C)cc1. The second-order valence-corrected chi connectivity index (χ2v) is 5.63. The summed E-state index contributed by atoms with van der Waals surface area (Å²) in [6.07, 6.45) is -0.877. The molecule has 0 saturated carbocycles. The van der Waals surface area contributed by atoms with Crippen molar-refractivity contribution in [2.24, 2.45) is 0 Å². The maximum Gasteiger partial charge on any atom is 0.422 e. The van der Waals surface area contributed by atoms with Crippen LogP contribution in [-0.2, 0) is 14.8 Å². The maximum absolute atomic E-state index is 11.8. The first-order chi connectivity index (χ1) is 8.36. The van der Waals surface area contributed by atoms with Crippen molar-refractivity contribution in [1.82, 2.24) is 10.3 Å². The van der Waals surface area contributed by atoms with E-state index in [1.54, 1.807) is 12.1 Å². The lowest BCUT2D eigenvalue weighted by molar-refractivity contribution is 0.169. The Labute approximate surface area is 106 Å². The van der Waals surface area contributed by atoms with Gasteiger partial charge in [-0.15, -0.1) is 4.83 Å². The Morgan fingerprint density at radius 1 is 1.22 bits per heavy atom. The number of carbonyl (C=O) groups excluding carboxylic acids is 1. The minimum absolute atomic E-state index is 0.0725. The highest BCUT2D eigenvalue weighted by Gasteiger charge is 2.15. The average Bonchev–Trinajstić information content (AvgIpc) is 2.36. The first-order valence-corrected chi connectivity index (χ1v) is 6.81. The summed E-state index contributed by atoms with van der Waals surface area (Å²) in [5.74, 6) is 0.322. The molecule has 1 aromatic carbocycles. The molecule has 0 aliphatic heterocycles. The maximum atomic E-state index is 11.8. The van der Waals surface area contributed by atoms with E-state index in [-0.39, 0.29) is 4.90 Å². The minimum Gasteiger partial charge on any atom is -0.452 e. The number of carbonyl (C=O) groups is 1. The number of hydrogen-bond donors (Lipinski definition) is 2. The van der Waals surface area contributed by atoms with Gasteiger partial charge >= 0.3 is 6.09 Å². The molecule has 0 aliphatic rings. The van der Waals surface area contributed by atoms with Gasteiger partial charge in [0.25, 0.3) is 10.0 Å². The number of hydrogen-bond acceptors (Lipinski definition) is 4. The van der Waals surface area contributed by atoms with Gasteiger partial charge in [-0.3, -0.25) is 0 Å². The van der Waals surface area contributed by atoms with Crippen LogP contribution in [-0.4, -0.2) is 21.6 Å². The van der Waals surface area contributed by atoms with Crippen LogP contribution in [0, 0.1) is 0 Å². The van der Waals surface area contributed by atoms with Gasteiger partial charge in [-0.05, 0) is 23.6 Å². The highest BCUT2D eigenvalue weighted by atomic mass is 32.2. The molecule has 1 rings (SSSR count). The Balaban J connectivity index is 2.82. The second kappa shape index (κ2) is 5.83. The molecule has 0 heterocycles. The third-order valence-corrected chi connectivity index (χ3v) is 3.59. The predicted molar refractivity (Wildman–Crippen MR) is 66.4 cm³/mol. The number of nitrogens with one attached hydrogen (secondary N) is 2. The minimum atomic E-state index is -3.77. The summed E-state index contributed by atoms with van der Waals surface area (Å²) in [5.41, 5.74) is 2.95. The Morgan fingerprint density at radius 2 is 1.78 bits per heavy atom. The van der Waals surface area contributed by atoms with Crippen molar-refractivity contribution >= 4 is 16.1 Å². The molecule has 1 aromatic rings. The first kappa shape index (κ1) is 14.5. The molecular weight excluding hydrogens is 256 g/mol. The lowest BCUT2D eigenvalue weighted by Gasteiger charge is -2.09. The van der Waals surface area contributed by atoms with Crippen LogP contribution in [0.5, 0.6) is 0 Å². The van der Waals surface area contributed by atoms with Crippen molar-refractivity contribution in [3.63, 3.8) is 0 Å². The molecule has 0 spiro atoms. The molecule has 0 fully saturated rings. The average molecular weight is 272 g/mol. The van der Waals surface area contributed by atoms with Crippen molar-refractivity contribution < 1.29 is 17.9 Å². The van der Waals surface area contributed by atoms with Crippen LogP contribution in [0.3, 0.4) is 0 Å². The van der Waals surface area contributed by atoms with Crippen LogP contribution >= 0.6 is 0 Å². The summed E-state index contributed by atoms with van der Waals surface area (Å²) in [4.78, 5) is 12.8. The molecule has 18 heavy (non-hydrogen) atoms. The van der Waals surface area contributed by atoms with Crippen molar-refractivity contribution in [3.05, 3.63) is 29.8 Å². The van der Waals surface area contributed by atoms with Crippen LogP contribution < -0.4 is 10.3 Å². The van der Waals surface area contributed by atoms with Crippen LogP contribution in [0.4, 0.5) is 4.79 Å². The standard InChI is InChI=1S/C11H16N2O4S/c1-8(2)9-4-6-10(7-5-9)18(15,16)13-12-11(14)17-3/h4-8,13H,1-3H3,(H,12,14). The number of hydrazine groups is 1. The number of sulfonamides is 1.